The number of nitrogens with one attached hydrogen (secondary N) is 1. The van der Waals surface area contributed by atoms with E-state index in [-0.39, 0.29) is 30.2 Å². The van der Waals surface area contributed by atoms with Gasteiger partial charge in [-0.2, -0.15) is 0 Å². The molecule has 7 nitrogen and oxygen atoms in total. The highest BCUT2D eigenvalue weighted by atomic mass is 35.5. The van der Waals surface area contributed by atoms with Gasteiger partial charge < -0.3 is 19.6 Å². The Hall–Kier alpha value is -0.820. The highest BCUT2D eigenvalue weighted by Gasteiger charge is 2.39. The van der Waals surface area contributed by atoms with Crippen LogP contribution in [0.3, 0.4) is 0 Å². The summed E-state index contributed by atoms with van der Waals surface area (Å²) < 4.78 is 17.1. The van der Waals surface area contributed by atoms with E-state index in [9.17, 15) is 14.3 Å². The molecule has 2 aliphatic rings. The van der Waals surface area contributed by atoms with Crippen LogP contribution in [0.25, 0.3) is 0 Å². The molecule has 2 aliphatic heterocycles. The Balaban J connectivity index is 0.00000107. The van der Waals surface area contributed by atoms with Gasteiger partial charge in [0.05, 0.1) is 24.1 Å². The number of halogens is 2. The lowest BCUT2D eigenvalue weighted by Gasteiger charge is -2.28. The van der Waals surface area contributed by atoms with Crippen molar-refractivity contribution in [3.05, 3.63) is 30.3 Å². The molecule has 2 unspecified atom stereocenters. The molecule has 0 bridgehead atoms. The zero-order chi connectivity index (χ0) is 22.7. The number of carbonyl (C=O) groups excluding carboxylic acids is 1. The van der Waals surface area contributed by atoms with Gasteiger partial charge in [0.1, 0.15) is 0 Å². The summed E-state index contributed by atoms with van der Waals surface area (Å²) in [4.78, 5) is 26.8. The molecular weight excluding hydrogens is 460 g/mol. The van der Waals surface area contributed by atoms with E-state index >= 15 is 0 Å². The number of benzene rings is 1. The van der Waals surface area contributed by atoms with E-state index in [1.54, 1.807) is 11.8 Å². The van der Waals surface area contributed by atoms with Gasteiger partial charge in [0.2, 0.25) is 0 Å². The SMILES string of the molecule is CCOP(=O)(O)CCC1CN(c2ccccc2)C(=O)N1CCC1CCNCC1.ClCCl. The Bertz CT molecular complexity index is 707. The predicted molar refractivity (Wildman–Crippen MR) is 127 cm³/mol. The van der Waals surface area contributed by atoms with Crippen LogP contribution in [0.1, 0.15) is 32.6 Å². The fourth-order valence-electron chi connectivity index (χ4n) is 4.12. The van der Waals surface area contributed by atoms with Crippen LogP contribution < -0.4 is 10.2 Å². The second-order valence-corrected chi connectivity index (χ2v) is 10.5. The summed E-state index contributed by atoms with van der Waals surface area (Å²) in [6, 6.07) is 9.56. The molecular formula is C21H34Cl2N3O4P. The lowest BCUT2D eigenvalue weighted by Crippen LogP contribution is -2.38. The van der Waals surface area contributed by atoms with E-state index in [1.165, 1.54) is 0 Å². The highest BCUT2D eigenvalue weighted by Crippen LogP contribution is 2.43. The largest absolute Gasteiger partial charge is 0.328 e. The minimum atomic E-state index is -3.59. The van der Waals surface area contributed by atoms with Crippen LogP contribution in [-0.4, -0.2) is 66.2 Å². The van der Waals surface area contributed by atoms with Crippen LogP contribution in [0.15, 0.2) is 30.3 Å². The van der Waals surface area contributed by atoms with Crippen LogP contribution in [0.5, 0.6) is 0 Å². The van der Waals surface area contributed by atoms with Crippen molar-refractivity contribution >= 4 is 42.5 Å². The quantitative estimate of drug-likeness (QED) is 0.384. The van der Waals surface area contributed by atoms with Crippen LogP contribution in [0.2, 0.25) is 0 Å². The Morgan fingerprint density at radius 2 is 1.84 bits per heavy atom. The zero-order valence-corrected chi connectivity index (χ0v) is 20.5. The number of hydrogen-bond acceptors (Lipinski definition) is 4. The molecule has 2 N–H and O–H groups in total. The summed E-state index contributed by atoms with van der Waals surface area (Å²) >= 11 is 9.53. The monoisotopic (exact) mass is 493 g/mol. The maximum Gasteiger partial charge on any atom is 0.328 e. The molecule has 31 heavy (non-hydrogen) atoms. The van der Waals surface area contributed by atoms with E-state index < -0.39 is 7.60 Å². The zero-order valence-electron chi connectivity index (χ0n) is 18.1. The number of anilines is 1. The van der Waals surface area contributed by atoms with Crippen molar-refractivity contribution in [1.82, 2.24) is 10.2 Å². The lowest BCUT2D eigenvalue weighted by molar-refractivity contribution is 0.194. The third-order valence-corrected chi connectivity index (χ3v) is 7.18. The molecule has 1 aromatic rings. The first-order valence-corrected chi connectivity index (χ1v) is 13.7. The molecule has 0 saturated carbocycles. The predicted octanol–water partition coefficient (Wildman–Crippen LogP) is 4.72. The Labute approximate surface area is 195 Å². The van der Waals surface area contributed by atoms with Crippen LogP contribution in [0.4, 0.5) is 10.5 Å². The van der Waals surface area contributed by atoms with Gasteiger partial charge in [-0.1, -0.05) is 18.2 Å². The van der Waals surface area contributed by atoms with Crippen molar-refractivity contribution < 1.29 is 18.8 Å². The number of para-hydroxylation sites is 1. The third-order valence-electron chi connectivity index (χ3n) is 5.69. The van der Waals surface area contributed by atoms with E-state index in [2.05, 4.69) is 5.32 Å². The number of nitrogens with zero attached hydrogens (tertiary/aromatic N) is 2. The fourth-order valence-corrected chi connectivity index (χ4v) is 5.28. The fraction of sp³-hybridized carbons (Fsp3) is 0.667. The van der Waals surface area contributed by atoms with Gasteiger partial charge in [0, 0.05) is 18.8 Å². The minimum absolute atomic E-state index is 0.00526. The average Bonchev–Trinajstić information content (AvgIpc) is 3.08. The van der Waals surface area contributed by atoms with Crippen molar-refractivity contribution in [2.24, 2.45) is 5.92 Å². The average molecular weight is 494 g/mol. The number of rotatable bonds is 9. The summed E-state index contributed by atoms with van der Waals surface area (Å²) in [6.45, 7) is 5.25. The van der Waals surface area contributed by atoms with Gasteiger partial charge in [0.15, 0.2) is 0 Å². The number of carbonyl (C=O) groups is 1. The van der Waals surface area contributed by atoms with Crippen molar-refractivity contribution in [2.75, 3.05) is 49.2 Å². The molecule has 1 aromatic carbocycles. The van der Waals surface area contributed by atoms with E-state index in [1.807, 2.05) is 35.2 Å². The third kappa shape index (κ3) is 8.56. The molecule has 0 radical (unpaired) electrons. The van der Waals surface area contributed by atoms with Gasteiger partial charge in [-0.05, 0) is 63.7 Å². The van der Waals surface area contributed by atoms with E-state index in [0.717, 1.165) is 38.0 Å². The molecule has 10 heteroatoms. The van der Waals surface area contributed by atoms with Gasteiger partial charge in [-0.15, -0.1) is 23.2 Å². The summed E-state index contributed by atoms with van der Waals surface area (Å²) in [7, 11) is -3.59. The smallest absolute Gasteiger partial charge is 0.324 e. The van der Waals surface area contributed by atoms with Crippen LogP contribution in [0, 0.1) is 5.92 Å². The summed E-state index contributed by atoms with van der Waals surface area (Å²) in [6.07, 6.45) is 3.81. The molecule has 0 aliphatic carbocycles. The molecule has 2 saturated heterocycles. The second kappa shape index (κ2) is 13.7. The summed E-state index contributed by atoms with van der Waals surface area (Å²) in [5.74, 6) is 0.632. The highest BCUT2D eigenvalue weighted by molar-refractivity contribution is 7.52. The number of hydrogen-bond donors (Lipinski definition) is 2. The Kier molecular flexibility index (Phi) is 11.7. The molecule has 3 rings (SSSR count). The standard InChI is InChI=1S/C20H32N3O4P.CH2Cl2/c1-2-27-28(25,26)15-11-19-16-23(18-6-4-3-5-7-18)20(24)22(19)14-10-17-8-12-21-13-9-17;2-1-3/h3-7,17,19,21H,2,8-16H2,1H3,(H,25,26);1H2. The first kappa shape index (κ1) is 26.4. The van der Waals surface area contributed by atoms with Gasteiger partial charge in [0.25, 0.3) is 0 Å². The molecule has 2 atom stereocenters. The van der Waals surface area contributed by atoms with Gasteiger partial charge >= 0.3 is 13.6 Å². The molecule has 176 valence electrons. The van der Waals surface area contributed by atoms with Crippen molar-refractivity contribution in [3.8, 4) is 0 Å². The van der Waals surface area contributed by atoms with E-state index in [4.69, 9.17) is 27.7 Å². The lowest BCUT2D eigenvalue weighted by atomic mass is 9.94. The normalized spacial score (nSPS) is 21.5. The molecule has 0 spiro atoms. The molecule has 2 fully saturated rings. The first-order chi connectivity index (χ1) is 14.9. The maximum absolute atomic E-state index is 13.1. The van der Waals surface area contributed by atoms with Crippen LogP contribution >= 0.6 is 30.8 Å². The number of piperidine rings is 1. The van der Waals surface area contributed by atoms with Crippen LogP contribution in [-0.2, 0) is 9.09 Å². The molecule has 2 heterocycles. The summed E-state index contributed by atoms with van der Waals surface area (Å²) in [5.41, 5.74) is 0.874. The van der Waals surface area contributed by atoms with Crippen molar-refractivity contribution in [3.63, 3.8) is 0 Å². The Morgan fingerprint density at radius 1 is 1.19 bits per heavy atom. The number of alkyl halides is 2. The number of amides is 2. The minimum Gasteiger partial charge on any atom is -0.324 e. The van der Waals surface area contributed by atoms with Gasteiger partial charge in [-0.3, -0.25) is 9.46 Å². The second-order valence-electron chi connectivity index (χ2n) is 7.73. The van der Waals surface area contributed by atoms with Crippen molar-refractivity contribution in [1.29, 1.82) is 0 Å². The van der Waals surface area contributed by atoms with Gasteiger partial charge in [-0.25, -0.2) is 4.79 Å². The summed E-state index contributed by atoms with van der Waals surface area (Å²) in [5, 5.41) is 3.57. The molecule has 2 amide bonds. The topological polar surface area (TPSA) is 82.1 Å². The Morgan fingerprint density at radius 3 is 2.45 bits per heavy atom. The first-order valence-electron chi connectivity index (χ1n) is 10.8. The number of urea groups is 1. The maximum atomic E-state index is 13.1. The molecule has 0 aromatic heterocycles. The van der Waals surface area contributed by atoms with E-state index in [0.29, 0.717) is 25.4 Å². The van der Waals surface area contributed by atoms with Crippen molar-refractivity contribution in [2.45, 2.75) is 38.6 Å².